The first-order chi connectivity index (χ1) is 7.99. The van der Waals surface area contributed by atoms with Gasteiger partial charge in [-0.05, 0) is 34.3 Å². The summed E-state index contributed by atoms with van der Waals surface area (Å²) in [5.74, 6) is 0.267. The Bertz CT molecular complexity index is 477. The third-order valence-electron chi connectivity index (χ3n) is 2.47. The molecule has 8 heteroatoms. The van der Waals surface area contributed by atoms with E-state index < -0.39 is 10.0 Å². The highest BCUT2D eigenvalue weighted by Gasteiger charge is 2.22. The first-order valence-electron chi connectivity index (χ1n) is 5.01. The van der Waals surface area contributed by atoms with Crippen LogP contribution in [0.5, 0.6) is 0 Å². The van der Waals surface area contributed by atoms with Crippen molar-refractivity contribution < 1.29 is 13.2 Å². The monoisotopic (exact) mass is 359 g/mol. The molecule has 0 saturated carbocycles. The second-order valence-electron chi connectivity index (χ2n) is 3.77. The number of thiophene rings is 1. The molecule has 96 valence electrons. The third kappa shape index (κ3) is 3.42. The highest BCUT2D eigenvalue weighted by atomic mass is 79.9. The predicted molar refractivity (Wildman–Crippen MR) is 71.1 cm³/mol. The molecule has 0 radical (unpaired) electrons. The molecule has 1 aliphatic heterocycles. The van der Waals surface area contributed by atoms with E-state index in [0.29, 0.717) is 28.6 Å². The molecule has 0 bridgehead atoms. The van der Waals surface area contributed by atoms with Crippen molar-refractivity contribution in [3.8, 4) is 0 Å². The summed E-state index contributed by atoms with van der Waals surface area (Å²) in [4.78, 5) is 0. The molecule has 1 aromatic rings. The Kier molecular flexibility index (Phi) is 4.49. The molecular formula is C9H11BrClNO3S2. The van der Waals surface area contributed by atoms with Crippen LogP contribution in [-0.2, 0) is 14.8 Å². The van der Waals surface area contributed by atoms with Crippen molar-refractivity contribution in [3.63, 3.8) is 0 Å². The zero-order valence-corrected chi connectivity index (χ0v) is 12.8. The van der Waals surface area contributed by atoms with E-state index in [1.807, 2.05) is 0 Å². The van der Waals surface area contributed by atoms with Gasteiger partial charge in [0, 0.05) is 13.2 Å². The van der Waals surface area contributed by atoms with Gasteiger partial charge in [-0.1, -0.05) is 11.6 Å². The number of hydrogen-bond donors (Lipinski definition) is 1. The smallest absolute Gasteiger partial charge is 0.250 e. The molecule has 1 atom stereocenters. The standard InChI is InChI=1S/C9H11BrClNO3S2/c10-9-7(11)3-8(16-9)17(13,14)12-4-6-1-2-15-5-6/h3,6,12H,1-2,4-5H2. The molecule has 1 aromatic heterocycles. The van der Waals surface area contributed by atoms with Crippen LogP contribution in [0.3, 0.4) is 0 Å². The van der Waals surface area contributed by atoms with Gasteiger partial charge >= 0.3 is 0 Å². The summed E-state index contributed by atoms with van der Waals surface area (Å²) in [5, 5.41) is 0.416. The summed E-state index contributed by atoms with van der Waals surface area (Å²) >= 11 is 10.1. The molecule has 1 fully saturated rings. The molecule has 1 aliphatic rings. The van der Waals surface area contributed by atoms with E-state index in [4.69, 9.17) is 16.3 Å². The van der Waals surface area contributed by atoms with Crippen LogP contribution in [0.2, 0.25) is 5.02 Å². The first kappa shape index (κ1) is 13.8. The van der Waals surface area contributed by atoms with Crippen LogP contribution < -0.4 is 4.72 Å². The van der Waals surface area contributed by atoms with Gasteiger partial charge in [-0.2, -0.15) is 0 Å². The SMILES string of the molecule is O=S(=O)(NCC1CCOC1)c1cc(Cl)c(Br)s1. The van der Waals surface area contributed by atoms with Crippen molar-refractivity contribution in [3.05, 3.63) is 14.9 Å². The van der Waals surface area contributed by atoms with Gasteiger partial charge in [0.2, 0.25) is 10.0 Å². The van der Waals surface area contributed by atoms with E-state index in [2.05, 4.69) is 20.7 Å². The average molecular weight is 361 g/mol. The molecule has 0 amide bonds. The average Bonchev–Trinajstić information content (AvgIpc) is 2.87. The molecule has 1 unspecified atom stereocenters. The van der Waals surface area contributed by atoms with Gasteiger partial charge in [0.15, 0.2) is 0 Å². The summed E-state index contributed by atoms with van der Waals surface area (Å²) in [6, 6.07) is 1.45. The van der Waals surface area contributed by atoms with Gasteiger partial charge in [-0.3, -0.25) is 0 Å². The lowest BCUT2D eigenvalue weighted by Gasteiger charge is -2.08. The number of hydrogen-bond acceptors (Lipinski definition) is 4. The van der Waals surface area contributed by atoms with Crippen molar-refractivity contribution in [1.82, 2.24) is 4.72 Å². The van der Waals surface area contributed by atoms with Crippen molar-refractivity contribution in [1.29, 1.82) is 0 Å². The van der Waals surface area contributed by atoms with Gasteiger partial charge in [0.05, 0.1) is 15.4 Å². The summed E-state index contributed by atoms with van der Waals surface area (Å²) < 4.78 is 32.5. The summed E-state index contributed by atoms with van der Waals surface area (Å²) in [6.07, 6.45) is 0.900. The molecule has 2 rings (SSSR count). The van der Waals surface area contributed by atoms with Crippen molar-refractivity contribution in [2.24, 2.45) is 5.92 Å². The molecule has 0 spiro atoms. The quantitative estimate of drug-likeness (QED) is 0.897. The van der Waals surface area contributed by atoms with E-state index in [-0.39, 0.29) is 10.1 Å². The summed E-state index contributed by atoms with van der Waals surface area (Å²) in [7, 11) is -3.45. The zero-order valence-electron chi connectivity index (χ0n) is 8.78. The number of nitrogens with one attached hydrogen (secondary N) is 1. The second-order valence-corrected chi connectivity index (χ2v) is 8.54. The normalized spacial score (nSPS) is 20.9. The Morgan fingerprint density at radius 1 is 1.65 bits per heavy atom. The lowest BCUT2D eigenvalue weighted by molar-refractivity contribution is 0.186. The Morgan fingerprint density at radius 2 is 2.41 bits per heavy atom. The first-order valence-corrected chi connectivity index (χ1v) is 8.48. The molecule has 17 heavy (non-hydrogen) atoms. The Labute approximate surface area is 117 Å². The fourth-order valence-electron chi connectivity index (χ4n) is 1.50. The minimum Gasteiger partial charge on any atom is -0.381 e. The van der Waals surface area contributed by atoms with Crippen LogP contribution in [0.15, 0.2) is 14.1 Å². The van der Waals surface area contributed by atoms with Crippen LogP contribution >= 0.6 is 38.9 Å². The molecule has 1 saturated heterocycles. The van der Waals surface area contributed by atoms with Crippen LogP contribution in [0, 0.1) is 5.92 Å². The van der Waals surface area contributed by atoms with Gasteiger partial charge in [0.1, 0.15) is 4.21 Å². The lowest BCUT2D eigenvalue weighted by atomic mass is 10.1. The number of rotatable bonds is 4. The van der Waals surface area contributed by atoms with E-state index in [1.165, 1.54) is 6.07 Å². The lowest BCUT2D eigenvalue weighted by Crippen LogP contribution is -2.29. The van der Waals surface area contributed by atoms with E-state index >= 15 is 0 Å². The van der Waals surface area contributed by atoms with Crippen LogP contribution in [-0.4, -0.2) is 28.2 Å². The van der Waals surface area contributed by atoms with Crippen LogP contribution in [0.25, 0.3) is 0 Å². The maximum Gasteiger partial charge on any atom is 0.250 e. The zero-order chi connectivity index (χ0) is 12.5. The summed E-state index contributed by atoms with van der Waals surface area (Å²) in [5.41, 5.74) is 0. The number of sulfonamides is 1. The molecular weight excluding hydrogens is 350 g/mol. The highest BCUT2D eigenvalue weighted by Crippen LogP contribution is 2.34. The molecule has 2 heterocycles. The maximum absolute atomic E-state index is 11.9. The second kappa shape index (κ2) is 5.54. The Morgan fingerprint density at radius 3 is 2.94 bits per heavy atom. The minimum atomic E-state index is -3.45. The van der Waals surface area contributed by atoms with Gasteiger partial charge in [-0.15, -0.1) is 11.3 Å². The van der Waals surface area contributed by atoms with Gasteiger partial charge in [0.25, 0.3) is 0 Å². The van der Waals surface area contributed by atoms with Crippen LogP contribution in [0.1, 0.15) is 6.42 Å². The van der Waals surface area contributed by atoms with Crippen LogP contribution in [0.4, 0.5) is 0 Å². The van der Waals surface area contributed by atoms with Gasteiger partial charge in [-0.25, -0.2) is 13.1 Å². The molecule has 0 aliphatic carbocycles. The topological polar surface area (TPSA) is 55.4 Å². The van der Waals surface area contributed by atoms with Crippen molar-refractivity contribution in [2.75, 3.05) is 19.8 Å². The predicted octanol–water partition coefficient (Wildman–Crippen LogP) is 2.48. The maximum atomic E-state index is 11.9. The van der Waals surface area contributed by atoms with E-state index in [1.54, 1.807) is 0 Å². The Hall–Kier alpha value is 0.340. The largest absolute Gasteiger partial charge is 0.381 e. The minimum absolute atomic E-state index is 0.230. The van der Waals surface area contributed by atoms with Crippen molar-refractivity contribution >= 4 is 48.9 Å². The Balaban J connectivity index is 2.03. The number of halogens is 2. The molecule has 4 nitrogen and oxygen atoms in total. The fourth-order valence-corrected chi connectivity index (χ4v) is 5.06. The highest BCUT2D eigenvalue weighted by molar-refractivity contribution is 9.11. The molecule has 0 aromatic carbocycles. The van der Waals surface area contributed by atoms with E-state index in [9.17, 15) is 8.42 Å². The summed E-state index contributed by atoms with van der Waals surface area (Å²) in [6.45, 7) is 1.75. The fraction of sp³-hybridized carbons (Fsp3) is 0.556. The third-order valence-corrected chi connectivity index (χ3v) is 6.85. The van der Waals surface area contributed by atoms with E-state index in [0.717, 1.165) is 17.8 Å². The number of ether oxygens (including phenoxy) is 1. The molecule has 1 N–H and O–H groups in total. The van der Waals surface area contributed by atoms with Crippen molar-refractivity contribution in [2.45, 2.75) is 10.6 Å². The van der Waals surface area contributed by atoms with Gasteiger partial charge < -0.3 is 4.74 Å².